The molecule has 0 aromatic heterocycles. The zero-order valence-corrected chi connectivity index (χ0v) is 25.0. The van der Waals surface area contributed by atoms with Crippen molar-refractivity contribution in [1.82, 2.24) is 5.32 Å². The molecule has 0 saturated heterocycles. The molecule has 0 amide bonds. The third kappa shape index (κ3) is 35.7. The molecule has 35 heavy (non-hydrogen) atoms. The predicted octanol–water partition coefficient (Wildman–Crippen LogP) is 10.8. The number of aliphatic carboxylic acids is 1. The van der Waals surface area contributed by atoms with Gasteiger partial charge in [-0.25, -0.2) is 0 Å². The highest BCUT2D eigenvalue weighted by molar-refractivity contribution is 5.66. The van der Waals surface area contributed by atoms with Crippen molar-refractivity contribution in [3.8, 4) is 0 Å². The van der Waals surface area contributed by atoms with Crippen molar-refractivity contribution in [2.24, 2.45) is 0 Å². The van der Waals surface area contributed by atoms with Gasteiger partial charge in [-0.05, 0) is 33.1 Å². The second-order valence-corrected chi connectivity index (χ2v) is 11.1. The summed E-state index contributed by atoms with van der Waals surface area (Å²) >= 11 is 0. The van der Waals surface area contributed by atoms with E-state index in [4.69, 9.17) is 5.11 Å². The van der Waals surface area contributed by atoms with E-state index >= 15 is 0 Å². The van der Waals surface area contributed by atoms with Crippen molar-refractivity contribution < 1.29 is 9.90 Å². The first kappa shape index (κ1) is 36.6. The van der Waals surface area contributed by atoms with Crippen molar-refractivity contribution in [3.05, 3.63) is 0 Å². The van der Waals surface area contributed by atoms with Crippen LogP contribution in [0, 0.1) is 0 Å². The van der Waals surface area contributed by atoms with Crippen LogP contribution in [-0.2, 0) is 4.79 Å². The zero-order valence-electron chi connectivity index (χ0n) is 25.0. The highest BCUT2D eigenvalue weighted by atomic mass is 16.4. The van der Waals surface area contributed by atoms with Gasteiger partial charge in [0.1, 0.15) is 0 Å². The third-order valence-corrected chi connectivity index (χ3v) is 7.04. The fourth-order valence-electron chi connectivity index (χ4n) is 4.70. The Hall–Kier alpha value is -0.570. The van der Waals surface area contributed by atoms with Crippen LogP contribution in [0.2, 0.25) is 0 Å². The molecule has 212 valence electrons. The molecule has 2 atom stereocenters. The van der Waals surface area contributed by atoms with Crippen LogP contribution in [0.3, 0.4) is 0 Å². The summed E-state index contributed by atoms with van der Waals surface area (Å²) in [7, 11) is 0. The molecular formula is C32H67NO2. The Balaban J connectivity index is 0. The molecule has 0 heterocycles. The minimum atomic E-state index is -0.682. The zero-order chi connectivity index (χ0) is 26.4. The number of hydrogen-bond acceptors (Lipinski definition) is 2. The summed E-state index contributed by atoms with van der Waals surface area (Å²) in [5, 5.41) is 12.0. The van der Waals surface area contributed by atoms with E-state index < -0.39 is 5.97 Å². The predicted molar refractivity (Wildman–Crippen MR) is 158 cm³/mol. The van der Waals surface area contributed by atoms with Gasteiger partial charge in [0, 0.05) is 18.5 Å². The maximum Gasteiger partial charge on any atom is 0.303 e. The molecule has 0 aromatic carbocycles. The van der Waals surface area contributed by atoms with Crippen LogP contribution in [0.15, 0.2) is 0 Å². The van der Waals surface area contributed by atoms with E-state index in [1.165, 1.54) is 128 Å². The Morgan fingerprint density at radius 2 is 0.800 bits per heavy atom. The molecule has 3 nitrogen and oxygen atoms in total. The summed E-state index contributed by atoms with van der Waals surface area (Å²) in [5.74, 6) is -0.682. The number of unbranched alkanes of at least 4 members (excludes halogenated alkanes) is 18. The molecule has 0 fully saturated rings. The topological polar surface area (TPSA) is 49.3 Å². The molecular weight excluding hydrogens is 430 g/mol. The lowest BCUT2D eigenvalue weighted by Gasteiger charge is -2.20. The summed E-state index contributed by atoms with van der Waals surface area (Å²) in [6.07, 6.45) is 31.8. The van der Waals surface area contributed by atoms with Crippen LogP contribution in [0.5, 0.6) is 0 Å². The van der Waals surface area contributed by atoms with Crippen LogP contribution < -0.4 is 5.32 Å². The molecule has 0 aliphatic carbocycles. The maximum absolute atomic E-state index is 9.87. The van der Waals surface area contributed by atoms with E-state index in [1.54, 1.807) is 0 Å². The minimum Gasteiger partial charge on any atom is -0.481 e. The second-order valence-electron chi connectivity index (χ2n) is 11.1. The minimum absolute atomic E-state index is 0.327. The molecule has 3 heteroatoms. The smallest absolute Gasteiger partial charge is 0.303 e. The van der Waals surface area contributed by atoms with Crippen LogP contribution in [0.4, 0.5) is 0 Å². The van der Waals surface area contributed by atoms with Gasteiger partial charge in [-0.2, -0.15) is 0 Å². The Bertz CT molecular complexity index is 373. The largest absolute Gasteiger partial charge is 0.481 e. The summed E-state index contributed by atoms with van der Waals surface area (Å²) in [4.78, 5) is 9.87. The summed E-state index contributed by atoms with van der Waals surface area (Å²) in [5.41, 5.74) is 0. The van der Waals surface area contributed by atoms with Crippen molar-refractivity contribution >= 4 is 5.97 Å². The van der Waals surface area contributed by atoms with Gasteiger partial charge in [0.2, 0.25) is 0 Å². The highest BCUT2D eigenvalue weighted by Gasteiger charge is 2.07. The summed E-state index contributed by atoms with van der Waals surface area (Å²) in [6.45, 7) is 11.4. The van der Waals surface area contributed by atoms with Gasteiger partial charge in [0.15, 0.2) is 0 Å². The molecule has 0 saturated carbocycles. The lowest BCUT2D eigenvalue weighted by atomic mass is 10.0. The van der Waals surface area contributed by atoms with E-state index in [0.717, 1.165) is 19.3 Å². The van der Waals surface area contributed by atoms with E-state index in [1.807, 2.05) is 0 Å². The number of hydrogen-bond donors (Lipinski definition) is 2. The first-order valence-corrected chi connectivity index (χ1v) is 16.0. The summed E-state index contributed by atoms with van der Waals surface area (Å²) < 4.78 is 0. The molecule has 2 N–H and O–H groups in total. The molecule has 0 bridgehead atoms. The number of carboxylic acids is 1. The average molecular weight is 498 g/mol. The molecule has 0 radical (unpaired) electrons. The summed E-state index contributed by atoms with van der Waals surface area (Å²) in [6, 6.07) is 1.39. The Morgan fingerprint density at radius 3 is 1.11 bits per heavy atom. The van der Waals surface area contributed by atoms with Gasteiger partial charge < -0.3 is 10.4 Å². The number of carbonyl (C=O) groups is 1. The molecule has 0 aliphatic rings. The molecule has 0 aliphatic heterocycles. The molecule has 0 rings (SSSR count). The van der Waals surface area contributed by atoms with Gasteiger partial charge in [-0.15, -0.1) is 0 Å². The average Bonchev–Trinajstić information content (AvgIpc) is 2.82. The Kier molecular flexibility index (Phi) is 32.9. The van der Waals surface area contributed by atoms with E-state index in [2.05, 4.69) is 39.9 Å². The van der Waals surface area contributed by atoms with Crippen molar-refractivity contribution in [2.75, 3.05) is 0 Å². The third-order valence-electron chi connectivity index (χ3n) is 7.04. The van der Waals surface area contributed by atoms with Crippen LogP contribution in [0.1, 0.15) is 189 Å². The Morgan fingerprint density at radius 1 is 0.514 bits per heavy atom. The highest BCUT2D eigenvalue weighted by Crippen LogP contribution is 2.13. The Labute approximate surface area is 222 Å². The van der Waals surface area contributed by atoms with Crippen molar-refractivity contribution in [3.63, 3.8) is 0 Å². The second kappa shape index (κ2) is 31.5. The SMILES string of the molecule is CCCCCC(=O)O.CCCCCCCCCCCC(C)NC(C)CCCCCCCCCCC. The number of nitrogens with one attached hydrogen (secondary N) is 1. The van der Waals surface area contributed by atoms with Gasteiger partial charge in [0.25, 0.3) is 0 Å². The molecule has 0 aromatic rings. The van der Waals surface area contributed by atoms with E-state index in [0.29, 0.717) is 18.5 Å². The standard InChI is InChI=1S/C26H55N.C6H12O2/c1-5-7-9-11-13-15-17-19-21-23-25(3)27-26(4)24-22-20-18-16-14-12-10-8-6-2;1-2-3-4-5-6(7)8/h25-27H,5-24H2,1-4H3;2-5H2,1H3,(H,7,8). The van der Waals surface area contributed by atoms with Gasteiger partial charge in [0.05, 0.1) is 0 Å². The number of carboxylic acid groups (broad SMARTS) is 1. The molecule has 2 unspecified atom stereocenters. The normalized spacial score (nSPS) is 12.7. The van der Waals surface area contributed by atoms with Crippen LogP contribution in [0.25, 0.3) is 0 Å². The van der Waals surface area contributed by atoms with E-state index in [9.17, 15) is 4.79 Å². The quantitative estimate of drug-likeness (QED) is 0.117. The first-order chi connectivity index (χ1) is 17.0. The van der Waals surface area contributed by atoms with Gasteiger partial charge in [-0.1, -0.05) is 149 Å². The van der Waals surface area contributed by atoms with Gasteiger partial charge >= 0.3 is 5.97 Å². The lowest BCUT2D eigenvalue weighted by molar-refractivity contribution is -0.137. The van der Waals surface area contributed by atoms with Crippen molar-refractivity contribution in [2.45, 2.75) is 201 Å². The van der Waals surface area contributed by atoms with Gasteiger partial charge in [-0.3, -0.25) is 4.79 Å². The maximum atomic E-state index is 9.87. The van der Waals surface area contributed by atoms with Crippen LogP contribution >= 0.6 is 0 Å². The number of rotatable bonds is 26. The molecule has 0 spiro atoms. The first-order valence-electron chi connectivity index (χ1n) is 16.0. The van der Waals surface area contributed by atoms with Crippen LogP contribution in [-0.4, -0.2) is 23.2 Å². The fourth-order valence-corrected chi connectivity index (χ4v) is 4.70. The fraction of sp³-hybridized carbons (Fsp3) is 0.969. The monoisotopic (exact) mass is 498 g/mol. The lowest BCUT2D eigenvalue weighted by Crippen LogP contribution is -2.34. The van der Waals surface area contributed by atoms with E-state index in [-0.39, 0.29) is 0 Å². The van der Waals surface area contributed by atoms with Crippen molar-refractivity contribution in [1.29, 1.82) is 0 Å².